The Bertz CT molecular complexity index is 1600. The number of halogens is 4. The fourth-order valence-corrected chi connectivity index (χ4v) is 4.92. The van der Waals surface area contributed by atoms with Gasteiger partial charge in [-0.3, -0.25) is 14.5 Å². The summed E-state index contributed by atoms with van der Waals surface area (Å²) >= 11 is 6.01. The minimum atomic E-state index is -4.60. The number of rotatable bonds is 11. The molecule has 1 heterocycles. The van der Waals surface area contributed by atoms with Gasteiger partial charge in [0.2, 0.25) is 0 Å². The van der Waals surface area contributed by atoms with E-state index in [4.69, 9.17) is 16.3 Å². The summed E-state index contributed by atoms with van der Waals surface area (Å²) in [5.41, 5.74) is 0.493. The van der Waals surface area contributed by atoms with Crippen LogP contribution in [0, 0.1) is 0 Å². The molecule has 0 saturated carbocycles. The Morgan fingerprint density at radius 3 is 2.50 bits per heavy atom. The molecule has 0 aliphatic carbocycles. The zero-order valence-corrected chi connectivity index (χ0v) is 22.4. The summed E-state index contributed by atoms with van der Waals surface area (Å²) in [6, 6.07) is 16.4. The lowest BCUT2D eigenvalue weighted by atomic mass is 10.2. The molecule has 0 atom stereocenters. The molecule has 4 aromatic rings. The summed E-state index contributed by atoms with van der Waals surface area (Å²) in [6.45, 7) is 0.730. The zero-order chi connectivity index (χ0) is 28.8. The van der Waals surface area contributed by atoms with Gasteiger partial charge in [-0.2, -0.15) is 13.2 Å². The molecular weight excluding hydrogens is 569 g/mol. The molecule has 40 heavy (non-hydrogen) atoms. The van der Waals surface area contributed by atoms with Gasteiger partial charge in [0, 0.05) is 41.1 Å². The van der Waals surface area contributed by atoms with Crippen molar-refractivity contribution < 1.29 is 31.1 Å². The Kier molecular flexibility index (Phi) is 9.00. The van der Waals surface area contributed by atoms with E-state index in [9.17, 15) is 26.4 Å². The lowest BCUT2D eigenvalue weighted by molar-refractivity contribution is -0.137. The second kappa shape index (κ2) is 12.4. The fourth-order valence-electron chi connectivity index (χ4n) is 3.70. The predicted octanol–water partition coefficient (Wildman–Crippen LogP) is 5.71. The molecule has 0 spiro atoms. The minimum absolute atomic E-state index is 0.181. The van der Waals surface area contributed by atoms with Crippen LogP contribution in [0.15, 0.2) is 83.9 Å². The quantitative estimate of drug-likeness (QED) is 0.193. The Morgan fingerprint density at radius 2 is 1.75 bits per heavy atom. The zero-order valence-electron chi connectivity index (χ0n) is 20.8. The molecule has 4 rings (SSSR count). The number of amides is 1. The van der Waals surface area contributed by atoms with Gasteiger partial charge < -0.3 is 15.4 Å². The molecule has 1 amide bonds. The number of carbonyl (C=O) groups excluding carboxylic acids is 1. The van der Waals surface area contributed by atoms with E-state index in [1.807, 2.05) is 12.1 Å². The van der Waals surface area contributed by atoms with Crippen LogP contribution in [0.4, 0.5) is 24.5 Å². The van der Waals surface area contributed by atoms with Gasteiger partial charge in [-0.1, -0.05) is 17.7 Å². The second-order valence-corrected chi connectivity index (χ2v) is 10.7. The first kappa shape index (κ1) is 29.0. The van der Waals surface area contributed by atoms with Crippen molar-refractivity contribution in [1.29, 1.82) is 0 Å². The number of benzene rings is 3. The van der Waals surface area contributed by atoms with Gasteiger partial charge in [0.15, 0.2) is 6.61 Å². The fraction of sp³-hybridized carbons (Fsp3) is 0.185. The Labute approximate surface area is 233 Å². The van der Waals surface area contributed by atoms with E-state index in [1.165, 1.54) is 30.3 Å². The molecule has 13 heteroatoms. The number of alkyl halides is 3. The van der Waals surface area contributed by atoms with Crippen LogP contribution in [0.5, 0.6) is 5.75 Å². The highest BCUT2D eigenvalue weighted by atomic mass is 35.5. The van der Waals surface area contributed by atoms with Crippen molar-refractivity contribution in [2.45, 2.75) is 17.5 Å². The third kappa shape index (κ3) is 7.76. The lowest BCUT2D eigenvalue weighted by Gasteiger charge is -2.12. The van der Waals surface area contributed by atoms with Gasteiger partial charge in [0.1, 0.15) is 5.75 Å². The number of hydrogen-bond donors (Lipinski definition) is 3. The number of aromatic nitrogens is 1. The molecule has 3 aromatic carbocycles. The van der Waals surface area contributed by atoms with Gasteiger partial charge in [0.25, 0.3) is 15.9 Å². The highest BCUT2D eigenvalue weighted by Gasteiger charge is 2.30. The smallest absolute Gasteiger partial charge is 0.416 e. The average Bonchev–Trinajstić information content (AvgIpc) is 2.91. The van der Waals surface area contributed by atoms with Crippen molar-refractivity contribution in [1.82, 2.24) is 10.3 Å². The standard InChI is InChI=1S/C27H24ClF3N4O4S/c28-19-5-10-23-24(11-14-33-25(23)16-19)32-12-2-13-34-26(36)17-39-21-6-8-22(9-7-21)40(37,38)35-20-4-1-3-18(15-20)27(29,30)31/h1,3-11,14-16,35H,2,12-13,17H2,(H,32,33)(H,34,36). The molecule has 0 bridgehead atoms. The van der Waals surface area contributed by atoms with Crippen LogP contribution in [0.3, 0.4) is 0 Å². The molecule has 0 radical (unpaired) electrons. The second-order valence-electron chi connectivity index (χ2n) is 8.59. The predicted molar refractivity (Wildman–Crippen MR) is 147 cm³/mol. The first-order valence-corrected chi connectivity index (χ1v) is 13.9. The van der Waals surface area contributed by atoms with Crippen LogP contribution in [-0.4, -0.2) is 39.0 Å². The minimum Gasteiger partial charge on any atom is -0.484 e. The molecule has 0 aliphatic heterocycles. The maximum atomic E-state index is 12.9. The molecule has 0 aliphatic rings. The third-order valence-electron chi connectivity index (χ3n) is 5.64. The largest absolute Gasteiger partial charge is 0.484 e. The maximum absolute atomic E-state index is 12.9. The van der Waals surface area contributed by atoms with Crippen LogP contribution in [0.1, 0.15) is 12.0 Å². The van der Waals surface area contributed by atoms with Gasteiger partial charge in [-0.15, -0.1) is 0 Å². The Balaban J connectivity index is 1.20. The first-order valence-electron chi connectivity index (χ1n) is 12.0. The maximum Gasteiger partial charge on any atom is 0.416 e. The molecule has 210 valence electrons. The van der Waals surface area contributed by atoms with Crippen LogP contribution in [0.25, 0.3) is 10.9 Å². The molecule has 0 saturated heterocycles. The van der Waals surface area contributed by atoms with E-state index < -0.39 is 21.8 Å². The van der Waals surface area contributed by atoms with E-state index in [1.54, 1.807) is 18.3 Å². The molecule has 0 fully saturated rings. The van der Waals surface area contributed by atoms with Crippen LogP contribution in [0.2, 0.25) is 5.02 Å². The Hall–Kier alpha value is -4.03. The summed E-state index contributed by atoms with van der Waals surface area (Å²) in [6.07, 6.45) is -2.27. The molecule has 3 N–H and O–H groups in total. The van der Waals surface area contributed by atoms with Crippen molar-refractivity contribution >= 4 is 49.8 Å². The van der Waals surface area contributed by atoms with E-state index in [-0.39, 0.29) is 28.8 Å². The van der Waals surface area contributed by atoms with E-state index in [0.29, 0.717) is 30.6 Å². The molecule has 0 unspecified atom stereocenters. The molecule has 1 aromatic heterocycles. The highest BCUT2D eigenvalue weighted by molar-refractivity contribution is 7.92. The normalized spacial score (nSPS) is 11.7. The lowest BCUT2D eigenvalue weighted by Crippen LogP contribution is -2.30. The Morgan fingerprint density at radius 1 is 0.975 bits per heavy atom. The van der Waals surface area contributed by atoms with Crippen LogP contribution >= 0.6 is 11.6 Å². The van der Waals surface area contributed by atoms with Gasteiger partial charge in [-0.25, -0.2) is 8.42 Å². The summed E-state index contributed by atoms with van der Waals surface area (Å²) in [5, 5.41) is 7.60. The van der Waals surface area contributed by atoms with E-state index in [2.05, 4.69) is 20.3 Å². The van der Waals surface area contributed by atoms with Crippen molar-refractivity contribution in [3.05, 3.63) is 89.6 Å². The number of pyridine rings is 1. The van der Waals surface area contributed by atoms with Crippen molar-refractivity contribution in [2.75, 3.05) is 29.7 Å². The topological polar surface area (TPSA) is 109 Å². The van der Waals surface area contributed by atoms with Crippen molar-refractivity contribution in [3.8, 4) is 5.75 Å². The molecular formula is C27H24ClF3N4O4S. The summed E-state index contributed by atoms with van der Waals surface area (Å²) in [7, 11) is -4.14. The molecule has 8 nitrogen and oxygen atoms in total. The summed E-state index contributed by atoms with van der Waals surface area (Å²) in [4.78, 5) is 16.2. The van der Waals surface area contributed by atoms with E-state index in [0.717, 1.165) is 28.7 Å². The number of ether oxygens (including phenoxy) is 1. The summed E-state index contributed by atoms with van der Waals surface area (Å²) in [5.74, 6) is -0.105. The monoisotopic (exact) mass is 592 g/mol. The number of nitrogens with zero attached hydrogens (tertiary/aromatic N) is 1. The highest BCUT2D eigenvalue weighted by Crippen LogP contribution is 2.31. The van der Waals surface area contributed by atoms with Crippen LogP contribution in [-0.2, 0) is 21.0 Å². The van der Waals surface area contributed by atoms with Crippen LogP contribution < -0.4 is 20.1 Å². The first-order chi connectivity index (χ1) is 19.0. The number of hydrogen-bond acceptors (Lipinski definition) is 6. The number of nitrogens with one attached hydrogen (secondary N) is 3. The third-order valence-corrected chi connectivity index (χ3v) is 7.27. The van der Waals surface area contributed by atoms with Crippen molar-refractivity contribution in [3.63, 3.8) is 0 Å². The van der Waals surface area contributed by atoms with Gasteiger partial charge >= 0.3 is 6.18 Å². The van der Waals surface area contributed by atoms with E-state index >= 15 is 0 Å². The van der Waals surface area contributed by atoms with Gasteiger partial charge in [-0.05, 0) is 73.2 Å². The number of anilines is 2. The van der Waals surface area contributed by atoms with Gasteiger partial charge in [0.05, 0.1) is 16.0 Å². The van der Waals surface area contributed by atoms with Crippen molar-refractivity contribution in [2.24, 2.45) is 0 Å². The number of fused-ring (bicyclic) bond motifs is 1. The summed E-state index contributed by atoms with van der Waals surface area (Å²) < 4.78 is 71.4. The average molecular weight is 593 g/mol. The number of carbonyl (C=O) groups is 1. The SMILES string of the molecule is O=C(COc1ccc(S(=O)(=O)Nc2cccc(C(F)(F)F)c2)cc1)NCCCNc1ccnc2cc(Cl)ccc12. The number of sulfonamides is 1.